The van der Waals surface area contributed by atoms with Gasteiger partial charge < -0.3 is 4.84 Å². The van der Waals surface area contributed by atoms with E-state index in [0.29, 0.717) is 0 Å². The molecule has 12 heavy (non-hydrogen) atoms. The zero-order valence-corrected chi connectivity index (χ0v) is 7.03. The first kappa shape index (κ1) is 7.35. The highest BCUT2D eigenvalue weighted by Gasteiger charge is 2.15. The van der Waals surface area contributed by atoms with Crippen molar-refractivity contribution in [1.29, 1.82) is 0 Å². The normalized spacial score (nSPS) is 20.9. The molecule has 62 valence electrons. The number of nitrogens with zero attached hydrogens (tertiary/aromatic N) is 1. The maximum atomic E-state index is 5.16. The van der Waals surface area contributed by atoms with Crippen LogP contribution >= 0.6 is 0 Å². The van der Waals surface area contributed by atoms with Crippen LogP contribution in [-0.4, -0.2) is 6.21 Å². The summed E-state index contributed by atoms with van der Waals surface area (Å²) in [7, 11) is 0. The lowest BCUT2D eigenvalue weighted by atomic mass is 10.1. The van der Waals surface area contributed by atoms with Gasteiger partial charge in [-0.25, -0.2) is 0 Å². The topological polar surface area (TPSA) is 21.6 Å². The highest BCUT2D eigenvalue weighted by molar-refractivity contribution is 5.59. The Morgan fingerprint density at radius 1 is 1.50 bits per heavy atom. The van der Waals surface area contributed by atoms with Gasteiger partial charge in [0.05, 0.1) is 0 Å². The molecule has 2 heteroatoms. The SMILES string of the molecule is Cc1cccc(C2CC=NO2)c1. The van der Waals surface area contributed by atoms with Crippen molar-refractivity contribution in [1.82, 2.24) is 0 Å². The Hall–Kier alpha value is -1.31. The highest BCUT2D eigenvalue weighted by Crippen LogP contribution is 2.24. The molecule has 1 aliphatic heterocycles. The number of benzene rings is 1. The van der Waals surface area contributed by atoms with Crippen LogP contribution in [0.4, 0.5) is 0 Å². The Bertz CT molecular complexity index is 298. The van der Waals surface area contributed by atoms with E-state index >= 15 is 0 Å². The van der Waals surface area contributed by atoms with Crippen molar-refractivity contribution >= 4 is 6.21 Å². The fourth-order valence-electron chi connectivity index (χ4n) is 1.37. The van der Waals surface area contributed by atoms with Gasteiger partial charge in [-0.1, -0.05) is 35.0 Å². The average Bonchev–Trinajstić information content (AvgIpc) is 2.56. The van der Waals surface area contributed by atoms with E-state index in [1.807, 2.05) is 12.3 Å². The smallest absolute Gasteiger partial charge is 0.157 e. The molecule has 1 aromatic carbocycles. The molecule has 1 aromatic rings. The van der Waals surface area contributed by atoms with Gasteiger partial charge in [0.1, 0.15) is 0 Å². The zero-order valence-electron chi connectivity index (χ0n) is 7.03. The fraction of sp³-hybridized carbons (Fsp3) is 0.300. The van der Waals surface area contributed by atoms with Crippen LogP contribution in [0, 0.1) is 6.92 Å². The Kier molecular flexibility index (Phi) is 1.82. The van der Waals surface area contributed by atoms with Gasteiger partial charge in [-0.2, -0.15) is 0 Å². The van der Waals surface area contributed by atoms with E-state index in [-0.39, 0.29) is 6.10 Å². The summed E-state index contributed by atoms with van der Waals surface area (Å²) in [6.07, 6.45) is 2.85. The van der Waals surface area contributed by atoms with Crippen LogP contribution in [0.2, 0.25) is 0 Å². The predicted octanol–water partition coefficient (Wildman–Crippen LogP) is 2.44. The quantitative estimate of drug-likeness (QED) is 0.620. The van der Waals surface area contributed by atoms with Gasteiger partial charge in [-0.15, -0.1) is 0 Å². The van der Waals surface area contributed by atoms with E-state index in [1.54, 1.807) is 0 Å². The van der Waals surface area contributed by atoms with E-state index in [1.165, 1.54) is 11.1 Å². The summed E-state index contributed by atoms with van der Waals surface area (Å²) in [5.41, 5.74) is 2.48. The molecule has 0 aromatic heterocycles. The van der Waals surface area contributed by atoms with Crippen LogP contribution < -0.4 is 0 Å². The monoisotopic (exact) mass is 161 g/mol. The van der Waals surface area contributed by atoms with Crippen molar-refractivity contribution in [3.05, 3.63) is 35.4 Å². The first-order valence-corrected chi connectivity index (χ1v) is 4.10. The number of hydrogen-bond acceptors (Lipinski definition) is 2. The summed E-state index contributed by atoms with van der Waals surface area (Å²) in [4.78, 5) is 5.16. The molecule has 2 rings (SSSR count). The molecule has 0 N–H and O–H groups in total. The molecule has 0 aliphatic carbocycles. The molecule has 0 saturated carbocycles. The Balaban J connectivity index is 2.22. The van der Waals surface area contributed by atoms with Crippen molar-refractivity contribution in [2.45, 2.75) is 19.4 Å². The molecular formula is C10H11NO. The molecule has 1 heterocycles. The lowest BCUT2D eigenvalue weighted by Gasteiger charge is -2.08. The third-order valence-corrected chi connectivity index (χ3v) is 2.00. The number of rotatable bonds is 1. The predicted molar refractivity (Wildman–Crippen MR) is 48.1 cm³/mol. The summed E-state index contributed by atoms with van der Waals surface area (Å²) in [6.45, 7) is 2.08. The molecular weight excluding hydrogens is 150 g/mol. The van der Waals surface area contributed by atoms with Crippen LogP contribution in [0.1, 0.15) is 23.7 Å². The lowest BCUT2D eigenvalue weighted by molar-refractivity contribution is 0.0857. The van der Waals surface area contributed by atoms with Crippen molar-refractivity contribution in [3.63, 3.8) is 0 Å². The third-order valence-electron chi connectivity index (χ3n) is 2.00. The molecule has 2 nitrogen and oxygen atoms in total. The van der Waals surface area contributed by atoms with Gasteiger partial charge in [-0.3, -0.25) is 0 Å². The van der Waals surface area contributed by atoms with E-state index in [0.717, 1.165) is 6.42 Å². The second kappa shape index (κ2) is 2.97. The molecule has 1 atom stereocenters. The molecule has 0 saturated heterocycles. The fourth-order valence-corrected chi connectivity index (χ4v) is 1.37. The van der Waals surface area contributed by atoms with E-state index in [2.05, 4.69) is 30.3 Å². The highest BCUT2D eigenvalue weighted by atomic mass is 16.6. The van der Waals surface area contributed by atoms with Gasteiger partial charge in [0.25, 0.3) is 0 Å². The number of aryl methyl sites for hydroxylation is 1. The molecule has 0 bridgehead atoms. The third kappa shape index (κ3) is 1.33. The summed E-state index contributed by atoms with van der Waals surface area (Å²) < 4.78 is 0. The second-order valence-electron chi connectivity index (χ2n) is 3.03. The number of oxime groups is 1. The van der Waals surface area contributed by atoms with Crippen LogP contribution in [0.15, 0.2) is 29.4 Å². The van der Waals surface area contributed by atoms with Gasteiger partial charge in [-0.05, 0) is 12.5 Å². The first-order chi connectivity index (χ1) is 5.86. The standard InChI is InChI=1S/C10H11NO/c1-8-3-2-4-9(7-8)10-5-6-11-12-10/h2-4,6-7,10H,5H2,1H3. The van der Waals surface area contributed by atoms with Crippen LogP contribution in [0.5, 0.6) is 0 Å². The molecule has 0 amide bonds. The largest absolute Gasteiger partial charge is 0.388 e. The first-order valence-electron chi connectivity index (χ1n) is 4.10. The van der Waals surface area contributed by atoms with Crippen molar-refractivity contribution in [2.24, 2.45) is 5.16 Å². The maximum absolute atomic E-state index is 5.16. The molecule has 0 radical (unpaired) electrons. The molecule has 0 spiro atoms. The second-order valence-corrected chi connectivity index (χ2v) is 3.03. The average molecular weight is 161 g/mol. The van der Waals surface area contributed by atoms with E-state index < -0.39 is 0 Å². The Morgan fingerprint density at radius 3 is 3.08 bits per heavy atom. The van der Waals surface area contributed by atoms with Crippen LogP contribution in [0.25, 0.3) is 0 Å². The van der Waals surface area contributed by atoms with Crippen molar-refractivity contribution in [3.8, 4) is 0 Å². The van der Waals surface area contributed by atoms with Gasteiger partial charge in [0.15, 0.2) is 6.10 Å². The minimum atomic E-state index is 0.143. The maximum Gasteiger partial charge on any atom is 0.157 e. The minimum absolute atomic E-state index is 0.143. The molecule has 1 unspecified atom stereocenters. The van der Waals surface area contributed by atoms with E-state index in [9.17, 15) is 0 Å². The summed E-state index contributed by atoms with van der Waals surface area (Å²) in [6, 6.07) is 8.34. The number of hydrogen-bond donors (Lipinski definition) is 0. The van der Waals surface area contributed by atoms with Crippen molar-refractivity contribution < 1.29 is 4.84 Å². The Labute approximate surface area is 71.8 Å². The molecule has 0 fully saturated rings. The van der Waals surface area contributed by atoms with Gasteiger partial charge >= 0.3 is 0 Å². The van der Waals surface area contributed by atoms with Crippen molar-refractivity contribution in [2.75, 3.05) is 0 Å². The Morgan fingerprint density at radius 2 is 2.42 bits per heavy atom. The van der Waals surface area contributed by atoms with Gasteiger partial charge in [0.2, 0.25) is 0 Å². The molecule has 1 aliphatic rings. The minimum Gasteiger partial charge on any atom is -0.388 e. The van der Waals surface area contributed by atoms with E-state index in [4.69, 9.17) is 4.84 Å². The van der Waals surface area contributed by atoms with Gasteiger partial charge in [0, 0.05) is 12.6 Å². The summed E-state index contributed by atoms with van der Waals surface area (Å²) in [5, 5.41) is 3.75. The summed E-state index contributed by atoms with van der Waals surface area (Å²) >= 11 is 0. The lowest BCUT2D eigenvalue weighted by Crippen LogP contribution is -1.95. The van der Waals surface area contributed by atoms with Crippen LogP contribution in [-0.2, 0) is 4.84 Å². The van der Waals surface area contributed by atoms with Crippen LogP contribution in [0.3, 0.4) is 0 Å². The zero-order chi connectivity index (χ0) is 8.39. The summed E-state index contributed by atoms with van der Waals surface area (Å²) in [5.74, 6) is 0.